The zero-order valence-corrected chi connectivity index (χ0v) is 9.09. The van der Waals surface area contributed by atoms with E-state index < -0.39 is 18.0 Å². The van der Waals surface area contributed by atoms with Crippen LogP contribution >= 0.6 is 0 Å². The van der Waals surface area contributed by atoms with Crippen LogP contribution in [0.4, 0.5) is 4.79 Å². The van der Waals surface area contributed by atoms with Crippen LogP contribution in [0.5, 0.6) is 0 Å². The number of carbonyl (C=O) groups is 2. The van der Waals surface area contributed by atoms with Crippen LogP contribution in [0.15, 0.2) is 24.3 Å². The SMILES string of the molecule is NC(=O)c1ccc(C[C@H](CO)NC(=O)O)cc1. The van der Waals surface area contributed by atoms with Gasteiger partial charge >= 0.3 is 6.09 Å². The minimum Gasteiger partial charge on any atom is -0.465 e. The molecule has 17 heavy (non-hydrogen) atoms. The molecule has 1 aromatic rings. The smallest absolute Gasteiger partial charge is 0.404 e. The van der Waals surface area contributed by atoms with E-state index in [1.54, 1.807) is 24.3 Å². The van der Waals surface area contributed by atoms with Crippen molar-refractivity contribution in [1.29, 1.82) is 0 Å². The Morgan fingerprint density at radius 1 is 1.29 bits per heavy atom. The van der Waals surface area contributed by atoms with Gasteiger partial charge in [-0.15, -0.1) is 0 Å². The highest BCUT2D eigenvalue weighted by Crippen LogP contribution is 2.06. The van der Waals surface area contributed by atoms with Crippen LogP contribution < -0.4 is 11.1 Å². The molecule has 0 radical (unpaired) electrons. The monoisotopic (exact) mass is 238 g/mol. The molecule has 0 heterocycles. The van der Waals surface area contributed by atoms with Crippen LogP contribution in [-0.2, 0) is 6.42 Å². The third-order valence-corrected chi connectivity index (χ3v) is 2.27. The van der Waals surface area contributed by atoms with Gasteiger partial charge in [-0.25, -0.2) is 4.79 Å². The summed E-state index contributed by atoms with van der Waals surface area (Å²) in [5, 5.41) is 19.7. The van der Waals surface area contributed by atoms with Crippen LogP contribution in [0, 0.1) is 0 Å². The molecule has 0 aliphatic rings. The fourth-order valence-electron chi connectivity index (χ4n) is 1.43. The molecule has 1 aromatic carbocycles. The first-order valence-corrected chi connectivity index (χ1v) is 5.02. The Balaban J connectivity index is 2.67. The van der Waals surface area contributed by atoms with Gasteiger partial charge in [-0.2, -0.15) is 0 Å². The number of benzene rings is 1. The minimum atomic E-state index is -1.18. The average Bonchev–Trinajstić information content (AvgIpc) is 2.28. The molecule has 0 aliphatic carbocycles. The molecule has 0 saturated heterocycles. The van der Waals surface area contributed by atoms with Crippen LogP contribution in [0.3, 0.4) is 0 Å². The predicted molar refractivity (Wildman–Crippen MR) is 60.7 cm³/mol. The van der Waals surface area contributed by atoms with Crippen molar-refractivity contribution in [3.63, 3.8) is 0 Å². The first-order valence-electron chi connectivity index (χ1n) is 5.02. The van der Waals surface area contributed by atoms with Gasteiger partial charge in [0, 0.05) is 5.56 Å². The summed E-state index contributed by atoms with van der Waals surface area (Å²) in [5.74, 6) is -0.515. The third-order valence-electron chi connectivity index (χ3n) is 2.27. The molecule has 92 valence electrons. The summed E-state index contributed by atoms with van der Waals surface area (Å²) in [7, 11) is 0. The number of primary amides is 1. The molecule has 0 fully saturated rings. The van der Waals surface area contributed by atoms with Gasteiger partial charge in [0.2, 0.25) is 5.91 Å². The van der Waals surface area contributed by atoms with E-state index in [1.165, 1.54) is 0 Å². The fraction of sp³-hybridized carbons (Fsp3) is 0.273. The van der Waals surface area contributed by atoms with Crippen LogP contribution in [0.2, 0.25) is 0 Å². The maximum absolute atomic E-state index is 10.8. The highest BCUT2D eigenvalue weighted by molar-refractivity contribution is 5.92. The van der Waals surface area contributed by atoms with Crippen molar-refractivity contribution in [3.8, 4) is 0 Å². The van der Waals surface area contributed by atoms with Crippen LogP contribution in [0.1, 0.15) is 15.9 Å². The largest absolute Gasteiger partial charge is 0.465 e. The molecule has 0 spiro atoms. The van der Waals surface area contributed by atoms with Crippen molar-refractivity contribution >= 4 is 12.0 Å². The fourth-order valence-corrected chi connectivity index (χ4v) is 1.43. The lowest BCUT2D eigenvalue weighted by atomic mass is 10.0. The number of rotatable bonds is 5. The molecule has 0 unspecified atom stereocenters. The lowest BCUT2D eigenvalue weighted by Crippen LogP contribution is -2.38. The molecule has 0 aromatic heterocycles. The molecular formula is C11H14N2O4. The van der Waals surface area contributed by atoms with Gasteiger partial charge in [-0.3, -0.25) is 4.79 Å². The number of hydrogen-bond donors (Lipinski definition) is 4. The Bertz CT molecular complexity index is 402. The van der Waals surface area contributed by atoms with Crippen molar-refractivity contribution < 1.29 is 19.8 Å². The van der Waals surface area contributed by atoms with Gasteiger partial charge in [0.15, 0.2) is 0 Å². The second-order valence-corrected chi connectivity index (χ2v) is 3.59. The Morgan fingerprint density at radius 2 is 1.88 bits per heavy atom. The lowest BCUT2D eigenvalue weighted by Gasteiger charge is -2.13. The number of hydrogen-bond acceptors (Lipinski definition) is 3. The van der Waals surface area contributed by atoms with Gasteiger partial charge in [0.25, 0.3) is 0 Å². The number of carboxylic acid groups (broad SMARTS) is 1. The first kappa shape index (κ1) is 13.0. The maximum atomic E-state index is 10.8. The first-order chi connectivity index (χ1) is 8.02. The number of amides is 2. The summed E-state index contributed by atoms with van der Waals surface area (Å²) in [5.41, 5.74) is 6.29. The van der Waals surface area contributed by atoms with E-state index in [-0.39, 0.29) is 6.61 Å². The van der Waals surface area contributed by atoms with E-state index in [0.717, 1.165) is 5.56 Å². The molecule has 6 heteroatoms. The van der Waals surface area contributed by atoms with Crippen LogP contribution in [0.25, 0.3) is 0 Å². The van der Waals surface area contributed by atoms with E-state index in [0.29, 0.717) is 12.0 Å². The van der Waals surface area contributed by atoms with Gasteiger partial charge < -0.3 is 21.3 Å². The lowest BCUT2D eigenvalue weighted by molar-refractivity contribution is 0.1000. The zero-order chi connectivity index (χ0) is 12.8. The van der Waals surface area contributed by atoms with E-state index in [2.05, 4.69) is 5.32 Å². The number of nitrogens with two attached hydrogens (primary N) is 1. The van der Waals surface area contributed by atoms with Gasteiger partial charge in [0.1, 0.15) is 0 Å². The summed E-state index contributed by atoms with van der Waals surface area (Å²) < 4.78 is 0. The Hall–Kier alpha value is -2.08. The van der Waals surface area contributed by atoms with E-state index in [1.807, 2.05) is 0 Å². The van der Waals surface area contributed by atoms with Crippen molar-refractivity contribution in [2.45, 2.75) is 12.5 Å². The summed E-state index contributed by atoms with van der Waals surface area (Å²) in [6.07, 6.45) is -0.834. The van der Waals surface area contributed by atoms with Gasteiger partial charge in [0.05, 0.1) is 12.6 Å². The minimum absolute atomic E-state index is 0.288. The van der Waals surface area contributed by atoms with Crippen molar-refractivity contribution in [1.82, 2.24) is 5.32 Å². The standard InChI is InChI=1S/C11H14N2O4/c12-10(15)8-3-1-7(2-4-8)5-9(6-14)13-11(16)17/h1-4,9,13-14H,5-6H2,(H2,12,15)(H,16,17)/t9-/m1/s1. The molecule has 1 rings (SSSR count). The molecule has 0 aliphatic heterocycles. The number of carbonyl (C=O) groups excluding carboxylic acids is 1. The second kappa shape index (κ2) is 5.86. The zero-order valence-electron chi connectivity index (χ0n) is 9.09. The normalized spacial score (nSPS) is 11.8. The summed E-state index contributed by atoms with van der Waals surface area (Å²) in [4.78, 5) is 21.2. The summed E-state index contributed by atoms with van der Waals surface area (Å²) in [6.45, 7) is -0.288. The number of aliphatic hydroxyl groups is 1. The van der Waals surface area contributed by atoms with E-state index >= 15 is 0 Å². The maximum Gasteiger partial charge on any atom is 0.404 e. The number of aliphatic hydroxyl groups excluding tert-OH is 1. The Labute approximate surface area is 98.1 Å². The van der Waals surface area contributed by atoms with E-state index in [9.17, 15) is 9.59 Å². The summed E-state index contributed by atoms with van der Waals surface area (Å²) in [6, 6.07) is 5.91. The quantitative estimate of drug-likeness (QED) is 0.576. The third kappa shape index (κ3) is 4.12. The number of nitrogens with one attached hydrogen (secondary N) is 1. The molecule has 6 nitrogen and oxygen atoms in total. The topological polar surface area (TPSA) is 113 Å². The molecule has 0 saturated carbocycles. The Kier molecular flexibility index (Phi) is 4.47. The molecule has 1 atom stereocenters. The molecule has 5 N–H and O–H groups in total. The average molecular weight is 238 g/mol. The van der Waals surface area contributed by atoms with Crippen molar-refractivity contribution in [3.05, 3.63) is 35.4 Å². The second-order valence-electron chi connectivity index (χ2n) is 3.59. The molecule has 2 amide bonds. The highest BCUT2D eigenvalue weighted by Gasteiger charge is 2.11. The van der Waals surface area contributed by atoms with Crippen LogP contribution in [-0.4, -0.2) is 34.9 Å². The van der Waals surface area contributed by atoms with Crippen molar-refractivity contribution in [2.24, 2.45) is 5.73 Å². The predicted octanol–water partition coefficient (Wildman–Crippen LogP) is -0.0435. The Morgan fingerprint density at radius 3 is 2.29 bits per heavy atom. The molecule has 0 bridgehead atoms. The molecular weight excluding hydrogens is 224 g/mol. The van der Waals surface area contributed by atoms with E-state index in [4.69, 9.17) is 15.9 Å². The highest BCUT2D eigenvalue weighted by atomic mass is 16.4. The summed E-state index contributed by atoms with van der Waals surface area (Å²) >= 11 is 0. The van der Waals surface area contributed by atoms with Gasteiger partial charge in [-0.05, 0) is 24.1 Å². The van der Waals surface area contributed by atoms with Gasteiger partial charge in [-0.1, -0.05) is 12.1 Å². The van der Waals surface area contributed by atoms with Crippen molar-refractivity contribution in [2.75, 3.05) is 6.61 Å².